The third-order valence-corrected chi connectivity index (χ3v) is 8.80. The second kappa shape index (κ2) is 11.8. The molecule has 194 valence electrons. The Bertz CT molecular complexity index is 1330. The van der Waals surface area contributed by atoms with Crippen molar-refractivity contribution >= 4 is 21.8 Å². The molecule has 0 aliphatic carbocycles. The first-order valence-electron chi connectivity index (χ1n) is 12.8. The zero-order valence-electron chi connectivity index (χ0n) is 21.1. The Hall–Kier alpha value is -3.29. The summed E-state index contributed by atoms with van der Waals surface area (Å²) in [5, 5.41) is 9.35. The Labute approximate surface area is 219 Å². The van der Waals surface area contributed by atoms with Crippen LogP contribution in [0.15, 0.2) is 77.7 Å². The number of ketones is 1. The Morgan fingerprint density at radius 1 is 0.838 bits per heavy atom. The summed E-state index contributed by atoms with van der Waals surface area (Å²) in [5.41, 5.74) is 5.02. The lowest BCUT2D eigenvalue weighted by atomic mass is 9.99. The molecule has 7 heteroatoms. The lowest BCUT2D eigenvalue weighted by Crippen LogP contribution is -2.40. The van der Waals surface area contributed by atoms with Gasteiger partial charge in [-0.25, -0.2) is 8.42 Å². The van der Waals surface area contributed by atoms with Gasteiger partial charge in [0.15, 0.2) is 0 Å². The molecule has 3 aromatic rings. The van der Waals surface area contributed by atoms with Crippen LogP contribution in [0.25, 0.3) is 11.1 Å². The second-order valence-electron chi connectivity index (χ2n) is 9.65. The summed E-state index contributed by atoms with van der Waals surface area (Å²) in [7, 11) is -3.87. The molecule has 1 saturated heterocycles. The molecule has 0 saturated carbocycles. The van der Waals surface area contributed by atoms with Gasteiger partial charge < -0.3 is 5.11 Å². The normalized spacial score (nSPS) is 16.1. The number of hydrogen-bond donors (Lipinski definition) is 1. The maximum absolute atomic E-state index is 13.0. The Morgan fingerprint density at radius 2 is 1.35 bits per heavy atom. The van der Waals surface area contributed by atoms with Gasteiger partial charge >= 0.3 is 5.97 Å². The summed E-state index contributed by atoms with van der Waals surface area (Å²) in [4.78, 5) is 24.1. The smallest absolute Gasteiger partial charge is 0.322 e. The lowest BCUT2D eigenvalue weighted by Gasteiger charge is -2.21. The second-order valence-corrected chi connectivity index (χ2v) is 11.5. The van der Waals surface area contributed by atoms with E-state index < -0.39 is 22.0 Å². The number of sulfonamides is 1. The van der Waals surface area contributed by atoms with Crippen molar-refractivity contribution in [3.63, 3.8) is 0 Å². The van der Waals surface area contributed by atoms with E-state index in [1.807, 2.05) is 36.4 Å². The number of aliphatic carboxylic acids is 1. The van der Waals surface area contributed by atoms with Gasteiger partial charge in [-0.2, -0.15) is 4.31 Å². The fourth-order valence-corrected chi connectivity index (χ4v) is 6.42. The molecule has 0 unspecified atom stereocenters. The third kappa shape index (κ3) is 6.53. The molecular formula is C30H33NO5S. The number of Topliss-reactive ketones (excluding diaryl/α,β-unsaturated/α-hetero) is 1. The van der Waals surface area contributed by atoms with Gasteiger partial charge in [-0.3, -0.25) is 9.59 Å². The zero-order valence-corrected chi connectivity index (χ0v) is 21.9. The predicted octanol–water partition coefficient (Wildman–Crippen LogP) is 5.29. The average molecular weight is 520 g/mol. The molecule has 1 aliphatic rings. The van der Waals surface area contributed by atoms with Crippen LogP contribution in [0.5, 0.6) is 0 Å². The van der Waals surface area contributed by atoms with Crippen LogP contribution in [0.3, 0.4) is 0 Å². The first-order valence-corrected chi connectivity index (χ1v) is 14.3. The van der Waals surface area contributed by atoms with Crippen LogP contribution in [0.2, 0.25) is 0 Å². The maximum Gasteiger partial charge on any atom is 0.322 e. The van der Waals surface area contributed by atoms with Crippen LogP contribution in [-0.4, -0.2) is 42.2 Å². The van der Waals surface area contributed by atoms with Gasteiger partial charge in [0.05, 0.1) is 4.90 Å². The maximum atomic E-state index is 13.0. The quantitative estimate of drug-likeness (QED) is 0.372. The van der Waals surface area contributed by atoms with Gasteiger partial charge in [-0.05, 0) is 65.6 Å². The standard InChI is InChI=1S/C30H33NO5S/c1-2-3-5-22-7-9-23(10-8-22)20-27(32)21-24-11-13-25(14-12-24)26-15-17-28(18-16-26)37(35,36)31-19-4-6-29(31)30(33)34/h7-18,29H,2-6,19-21H2,1H3,(H,33,34)/t29-/m0/s1. The first kappa shape index (κ1) is 26.8. The first-order chi connectivity index (χ1) is 17.8. The van der Waals surface area contributed by atoms with Crippen molar-refractivity contribution in [2.45, 2.75) is 62.8 Å². The lowest BCUT2D eigenvalue weighted by molar-refractivity contribution is -0.140. The number of hydrogen-bond acceptors (Lipinski definition) is 4. The highest BCUT2D eigenvalue weighted by Crippen LogP contribution is 2.28. The number of unbranched alkanes of at least 4 members (excludes halogenated alkanes) is 1. The van der Waals surface area contributed by atoms with Crippen molar-refractivity contribution in [2.24, 2.45) is 0 Å². The molecule has 4 rings (SSSR count). The molecule has 3 aromatic carbocycles. The minimum Gasteiger partial charge on any atom is -0.480 e. The van der Waals surface area contributed by atoms with E-state index >= 15 is 0 Å². The Kier molecular flexibility index (Phi) is 8.56. The van der Waals surface area contributed by atoms with Crippen molar-refractivity contribution in [2.75, 3.05) is 6.54 Å². The molecule has 0 aromatic heterocycles. The fourth-order valence-electron chi connectivity index (χ4n) is 4.77. The number of carboxylic acids is 1. The summed E-state index contributed by atoms with van der Waals surface area (Å²) in [6.07, 6.45) is 5.03. The Balaban J connectivity index is 1.37. The van der Waals surface area contributed by atoms with Crippen LogP contribution < -0.4 is 0 Å². The van der Waals surface area contributed by atoms with Crippen molar-refractivity contribution in [1.82, 2.24) is 4.31 Å². The van der Waals surface area contributed by atoms with Gasteiger partial charge in [0.1, 0.15) is 11.8 Å². The van der Waals surface area contributed by atoms with Gasteiger partial charge in [0, 0.05) is 19.4 Å². The summed E-state index contributed by atoms with van der Waals surface area (Å²) in [6, 6.07) is 21.5. The molecule has 6 nitrogen and oxygen atoms in total. The van der Waals surface area contributed by atoms with Crippen LogP contribution in [-0.2, 0) is 38.9 Å². The van der Waals surface area contributed by atoms with E-state index in [1.165, 1.54) is 30.5 Å². The minimum atomic E-state index is -3.87. The number of rotatable bonds is 11. The predicted molar refractivity (Wildman–Crippen MR) is 144 cm³/mol. The van der Waals surface area contributed by atoms with E-state index in [9.17, 15) is 23.1 Å². The number of carboxylic acid groups (broad SMARTS) is 1. The van der Waals surface area contributed by atoms with Gasteiger partial charge in [0.25, 0.3) is 0 Å². The topological polar surface area (TPSA) is 91.8 Å². The molecule has 0 amide bonds. The van der Waals surface area contributed by atoms with Crippen LogP contribution in [0, 0.1) is 0 Å². The monoisotopic (exact) mass is 519 g/mol. The number of aryl methyl sites for hydroxylation is 1. The highest BCUT2D eigenvalue weighted by atomic mass is 32.2. The molecule has 0 spiro atoms. The number of benzene rings is 3. The molecule has 1 heterocycles. The van der Waals surface area contributed by atoms with E-state index in [0.29, 0.717) is 25.7 Å². The summed E-state index contributed by atoms with van der Waals surface area (Å²) >= 11 is 0. The summed E-state index contributed by atoms with van der Waals surface area (Å²) < 4.78 is 27.0. The number of nitrogens with zero attached hydrogens (tertiary/aromatic N) is 1. The number of carbonyl (C=O) groups excluding carboxylic acids is 1. The highest BCUT2D eigenvalue weighted by molar-refractivity contribution is 7.89. The van der Waals surface area contributed by atoms with Gasteiger partial charge in [0.2, 0.25) is 10.0 Å². The molecule has 0 bridgehead atoms. The summed E-state index contributed by atoms with van der Waals surface area (Å²) in [5.74, 6) is -0.957. The fraction of sp³-hybridized carbons (Fsp3) is 0.333. The van der Waals surface area contributed by atoms with E-state index in [2.05, 4.69) is 19.1 Å². The Morgan fingerprint density at radius 3 is 1.89 bits per heavy atom. The van der Waals surface area contributed by atoms with E-state index in [4.69, 9.17) is 0 Å². The van der Waals surface area contributed by atoms with Gasteiger partial charge in [-0.15, -0.1) is 0 Å². The van der Waals surface area contributed by atoms with E-state index in [-0.39, 0.29) is 17.2 Å². The molecular weight excluding hydrogens is 486 g/mol. The van der Waals surface area contributed by atoms with Crippen LogP contribution in [0.4, 0.5) is 0 Å². The molecule has 1 atom stereocenters. The van der Waals surface area contributed by atoms with Crippen molar-refractivity contribution in [3.05, 3.63) is 89.5 Å². The highest BCUT2D eigenvalue weighted by Gasteiger charge is 2.39. The minimum absolute atomic E-state index is 0.0880. The van der Waals surface area contributed by atoms with Crippen molar-refractivity contribution < 1.29 is 23.1 Å². The van der Waals surface area contributed by atoms with Crippen molar-refractivity contribution in [3.8, 4) is 11.1 Å². The van der Waals surface area contributed by atoms with Crippen molar-refractivity contribution in [1.29, 1.82) is 0 Å². The molecule has 1 N–H and O–H groups in total. The molecule has 1 fully saturated rings. The van der Waals surface area contributed by atoms with Gasteiger partial charge in [-0.1, -0.05) is 74.0 Å². The number of carbonyl (C=O) groups is 2. The van der Waals surface area contributed by atoms with Crippen LogP contribution in [0.1, 0.15) is 49.3 Å². The largest absolute Gasteiger partial charge is 0.480 e. The average Bonchev–Trinajstić information content (AvgIpc) is 3.40. The van der Waals surface area contributed by atoms with E-state index in [0.717, 1.165) is 33.0 Å². The molecule has 37 heavy (non-hydrogen) atoms. The van der Waals surface area contributed by atoms with Crippen LogP contribution >= 0.6 is 0 Å². The SMILES string of the molecule is CCCCc1ccc(CC(=O)Cc2ccc(-c3ccc(S(=O)(=O)N4CCC[C@H]4C(=O)O)cc3)cc2)cc1. The molecule has 0 radical (unpaired) electrons. The zero-order chi connectivity index (χ0) is 26.4. The third-order valence-electron chi connectivity index (χ3n) is 6.88. The molecule has 1 aliphatic heterocycles. The summed E-state index contributed by atoms with van der Waals surface area (Å²) in [6.45, 7) is 2.39. The van der Waals surface area contributed by atoms with E-state index in [1.54, 1.807) is 12.1 Å².